The van der Waals surface area contributed by atoms with Gasteiger partial charge in [-0.1, -0.05) is 29.3 Å². The van der Waals surface area contributed by atoms with E-state index in [1.807, 2.05) is 12.1 Å². The Balaban J connectivity index is 2.32. The molecule has 1 fully saturated rings. The van der Waals surface area contributed by atoms with Crippen LogP contribution in [-0.4, -0.2) is 35.7 Å². The third kappa shape index (κ3) is 4.11. The van der Waals surface area contributed by atoms with Gasteiger partial charge in [-0.05, 0) is 45.4 Å². The SMILES string of the molecule is CC1(C)CN(C(CN)c2ccc(Cl)cc2Cl)CC(C)(C)O1. The molecule has 118 valence electrons. The topological polar surface area (TPSA) is 38.5 Å². The van der Waals surface area contributed by atoms with Crippen molar-refractivity contribution >= 4 is 23.2 Å². The third-order valence-corrected chi connectivity index (χ3v) is 4.27. The first-order valence-electron chi connectivity index (χ1n) is 7.23. The van der Waals surface area contributed by atoms with Gasteiger partial charge in [0.25, 0.3) is 0 Å². The number of nitrogens with two attached hydrogens (primary N) is 1. The smallest absolute Gasteiger partial charge is 0.0761 e. The standard InChI is InChI=1S/C16H24Cl2N2O/c1-15(2)9-20(10-16(3,4)21-15)14(8-19)12-6-5-11(17)7-13(12)18/h5-7,14H,8-10,19H2,1-4H3. The van der Waals surface area contributed by atoms with Crippen molar-refractivity contribution in [3.8, 4) is 0 Å². The minimum absolute atomic E-state index is 0.0669. The summed E-state index contributed by atoms with van der Waals surface area (Å²) in [6, 6.07) is 5.68. The van der Waals surface area contributed by atoms with E-state index in [9.17, 15) is 0 Å². The summed E-state index contributed by atoms with van der Waals surface area (Å²) in [7, 11) is 0. The second-order valence-electron chi connectivity index (χ2n) is 6.94. The van der Waals surface area contributed by atoms with E-state index in [4.69, 9.17) is 33.7 Å². The molecule has 21 heavy (non-hydrogen) atoms. The maximum atomic E-state index is 6.37. The Morgan fingerprint density at radius 2 is 1.76 bits per heavy atom. The van der Waals surface area contributed by atoms with E-state index in [1.54, 1.807) is 6.07 Å². The highest BCUT2D eigenvalue weighted by molar-refractivity contribution is 6.35. The van der Waals surface area contributed by atoms with Crippen molar-refractivity contribution in [1.29, 1.82) is 0 Å². The average Bonchev–Trinajstić information content (AvgIpc) is 2.28. The van der Waals surface area contributed by atoms with E-state index in [1.165, 1.54) is 0 Å². The van der Waals surface area contributed by atoms with Gasteiger partial charge in [-0.15, -0.1) is 0 Å². The molecule has 0 aromatic heterocycles. The van der Waals surface area contributed by atoms with Gasteiger partial charge >= 0.3 is 0 Å². The van der Waals surface area contributed by atoms with Gasteiger partial charge in [0.05, 0.1) is 11.2 Å². The van der Waals surface area contributed by atoms with Crippen LogP contribution in [-0.2, 0) is 4.74 Å². The molecule has 1 aliphatic rings. The van der Waals surface area contributed by atoms with Crippen LogP contribution in [0.3, 0.4) is 0 Å². The van der Waals surface area contributed by atoms with Gasteiger partial charge in [0.15, 0.2) is 0 Å². The Labute approximate surface area is 137 Å². The first-order valence-corrected chi connectivity index (χ1v) is 7.98. The predicted molar refractivity (Wildman–Crippen MR) is 89.1 cm³/mol. The first-order chi connectivity index (χ1) is 9.63. The molecule has 0 spiro atoms. The summed E-state index contributed by atoms with van der Waals surface area (Å²) in [6.45, 7) is 10.6. The van der Waals surface area contributed by atoms with E-state index in [0.717, 1.165) is 18.7 Å². The highest BCUT2D eigenvalue weighted by Crippen LogP contribution is 2.35. The molecule has 1 aliphatic heterocycles. The average molecular weight is 331 g/mol. The fraction of sp³-hybridized carbons (Fsp3) is 0.625. The van der Waals surface area contributed by atoms with Crippen molar-refractivity contribution in [2.45, 2.75) is 44.9 Å². The summed E-state index contributed by atoms with van der Waals surface area (Å²) in [5, 5.41) is 1.31. The van der Waals surface area contributed by atoms with E-state index in [2.05, 4.69) is 32.6 Å². The molecule has 0 aliphatic carbocycles. The summed E-state index contributed by atoms with van der Waals surface area (Å²) < 4.78 is 6.13. The van der Waals surface area contributed by atoms with Crippen LogP contribution in [0.25, 0.3) is 0 Å². The summed E-state index contributed by atoms with van der Waals surface area (Å²) in [5.41, 5.74) is 6.64. The van der Waals surface area contributed by atoms with Crippen LogP contribution in [0, 0.1) is 0 Å². The van der Waals surface area contributed by atoms with Crippen LogP contribution in [0.4, 0.5) is 0 Å². The first kappa shape index (κ1) is 17.0. The summed E-state index contributed by atoms with van der Waals surface area (Å²) in [4.78, 5) is 2.36. The Kier molecular flexibility index (Phi) is 4.91. The quantitative estimate of drug-likeness (QED) is 0.913. The Morgan fingerprint density at radius 1 is 1.19 bits per heavy atom. The second-order valence-corrected chi connectivity index (χ2v) is 7.79. The Morgan fingerprint density at radius 3 is 2.24 bits per heavy atom. The van der Waals surface area contributed by atoms with E-state index in [-0.39, 0.29) is 17.2 Å². The molecule has 2 rings (SSSR count). The van der Waals surface area contributed by atoms with Crippen LogP contribution in [0.1, 0.15) is 39.3 Å². The zero-order valence-corrected chi connectivity index (χ0v) is 14.6. The number of hydrogen-bond donors (Lipinski definition) is 1. The molecule has 0 amide bonds. The largest absolute Gasteiger partial charge is 0.367 e. The molecule has 1 aromatic rings. The lowest BCUT2D eigenvalue weighted by Crippen LogP contribution is -2.58. The monoisotopic (exact) mass is 330 g/mol. The molecule has 0 bridgehead atoms. The molecule has 0 saturated carbocycles. The Hall–Kier alpha value is -0.320. The summed E-state index contributed by atoms with van der Waals surface area (Å²) in [6.07, 6.45) is 0. The predicted octanol–water partition coefficient (Wildman–Crippen LogP) is 3.88. The zero-order chi connectivity index (χ0) is 15.8. The van der Waals surface area contributed by atoms with Crippen LogP contribution in [0.5, 0.6) is 0 Å². The van der Waals surface area contributed by atoms with Gasteiger partial charge in [0.2, 0.25) is 0 Å². The fourth-order valence-corrected chi connectivity index (χ4v) is 3.85. The normalized spacial score (nSPS) is 23.0. The second kappa shape index (κ2) is 6.05. The van der Waals surface area contributed by atoms with Crippen LogP contribution < -0.4 is 5.73 Å². The zero-order valence-electron chi connectivity index (χ0n) is 13.1. The fourth-order valence-electron chi connectivity index (χ4n) is 3.31. The number of nitrogens with zero attached hydrogens (tertiary/aromatic N) is 1. The van der Waals surface area contributed by atoms with Crippen molar-refractivity contribution in [3.05, 3.63) is 33.8 Å². The molecular formula is C16H24Cl2N2O. The lowest BCUT2D eigenvalue weighted by Gasteiger charge is -2.49. The van der Waals surface area contributed by atoms with E-state index < -0.39 is 0 Å². The number of ether oxygens (including phenoxy) is 1. The van der Waals surface area contributed by atoms with Gasteiger partial charge < -0.3 is 10.5 Å². The third-order valence-electron chi connectivity index (χ3n) is 3.71. The number of halogens is 2. The number of rotatable bonds is 3. The maximum Gasteiger partial charge on any atom is 0.0761 e. The molecular weight excluding hydrogens is 307 g/mol. The molecule has 1 heterocycles. The lowest BCUT2D eigenvalue weighted by atomic mass is 9.95. The van der Waals surface area contributed by atoms with Gasteiger partial charge in [0.1, 0.15) is 0 Å². The molecule has 1 atom stereocenters. The minimum atomic E-state index is -0.214. The molecule has 1 saturated heterocycles. The number of morpholine rings is 1. The minimum Gasteiger partial charge on any atom is -0.367 e. The van der Waals surface area contributed by atoms with Crippen molar-refractivity contribution in [3.63, 3.8) is 0 Å². The molecule has 2 N–H and O–H groups in total. The van der Waals surface area contributed by atoms with Gasteiger partial charge in [-0.2, -0.15) is 0 Å². The Bertz CT molecular complexity index is 501. The van der Waals surface area contributed by atoms with Crippen LogP contribution in [0.15, 0.2) is 18.2 Å². The molecule has 3 nitrogen and oxygen atoms in total. The van der Waals surface area contributed by atoms with Crippen LogP contribution >= 0.6 is 23.2 Å². The van der Waals surface area contributed by atoms with Crippen LogP contribution in [0.2, 0.25) is 10.0 Å². The van der Waals surface area contributed by atoms with Gasteiger partial charge in [-0.25, -0.2) is 0 Å². The molecule has 5 heteroatoms. The maximum absolute atomic E-state index is 6.37. The van der Waals surface area contributed by atoms with Crippen molar-refractivity contribution in [2.24, 2.45) is 5.73 Å². The van der Waals surface area contributed by atoms with Crippen molar-refractivity contribution in [2.75, 3.05) is 19.6 Å². The van der Waals surface area contributed by atoms with Gasteiger partial charge in [-0.3, -0.25) is 4.90 Å². The van der Waals surface area contributed by atoms with E-state index in [0.29, 0.717) is 16.6 Å². The van der Waals surface area contributed by atoms with Gasteiger partial charge in [0, 0.05) is 35.7 Å². The summed E-state index contributed by atoms with van der Waals surface area (Å²) >= 11 is 12.4. The lowest BCUT2D eigenvalue weighted by molar-refractivity contribution is -0.187. The summed E-state index contributed by atoms with van der Waals surface area (Å²) in [5.74, 6) is 0. The van der Waals surface area contributed by atoms with Crippen molar-refractivity contribution < 1.29 is 4.74 Å². The molecule has 1 unspecified atom stereocenters. The van der Waals surface area contributed by atoms with E-state index >= 15 is 0 Å². The number of hydrogen-bond acceptors (Lipinski definition) is 3. The molecule has 0 radical (unpaired) electrons. The van der Waals surface area contributed by atoms with Crippen molar-refractivity contribution in [1.82, 2.24) is 4.90 Å². The molecule has 1 aromatic carbocycles. The highest BCUT2D eigenvalue weighted by atomic mass is 35.5. The highest BCUT2D eigenvalue weighted by Gasteiger charge is 2.40. The number of benzene rings is 1.